The molecule has 4 heterocycles. The number of para-hydroxylation sites is 2. The maximum Gasteiger partial charge on any atom is 0.345 e. The summed E-state index contributed by atoms with van der Waals surface area (Å²) in [6, 6.07) is 20.0. The number of ether oxygens (including phenoxy) is 2. The number of rotatable bonds is 6. The molecule has 2 aliphatic rings. The average molecular weight is 747 g/mol. The number of aryl methyl sites for hydroxylation is 1. The number of H-pyrrole nitrogens is 1. The van der Waals surface area contributed by atoms with E-state index in [1.165, 1.54) is 0 Å². The van der Waals surface area contributed by atoms with Gasteiger partial charge in [-0.1, -0.05) is 36.4 Å². The summed E-state index contributed by atoms with van der Waals surface area (Å²) < 4.78 is 11.6. The molecule has 3 N–H and O–H groups in total. The molecule has 0 radical (unpaired) electrons. The molecule has 2 aromatic heterocycles. The fraction of sp³-hybridized carbons (Fsp3) is 0.417. The van der Waals surface area contributed by atoms with E-state index in [1.807, 2.05) is 95.7 Å². The summed E-state index contributed by atoms with van der Waals surface area (Å²) in [5.74, 6) is 5.41. The Bertz CT molecular complexity index is 1840. The standard InChI is InChI=1S/C16H17N5OS.C9H14N2O3.C6H7N.C5H8N2S/c1-11-17-13-14(21(11)12-5-3-2-4-6-12)18-16(19-15(13)22)20-7-9-23-10-8-20;1-4-13-7(3)11-8(6-10)9(12)14-5-2;7-6-4-2-1-3-5-6;6-5-7-1-3-8-4-2-7/h2-6H,7-10H2,1H3,(H,18,19,22);8H,4-5H2,1-3H3;1-5H,7H2;1-4H2. The van der Waals surface area contributed by atoms with Crippen LogP contribution >= 0.6 is 23.5 Å². The van der Waals surface area contributed by atoms with Crippen molar-refractivity contribution >= 4 is 58.2 Å². The van der Waals surface area contributed by atoms with Crippen molar-refractivity contribution in [2.24, 2.45) is 4.99 Å². The van der Waals surface area contributed by atoms with E-state index in [0.717, 1.165) is 66.4 Å². The second-order valence-corrected chi connectivity index (χ2v) is 13.4. The van der Waals surface area contributed by atoms with Gasteiger partial charge in [0.2, 0.25) is 12.0 Å². The zero-order valence-electron chi connectivity index (χ0n) is 30.0. The van der Waals surface area contributed by atoms with Gasteiger partial charge in [-0.05, 0) is 45.0 Å². The van der Waals surface area contributed by atoms with Crippen molar-refractivity contribution in [2.45, 2.75) is 33.7 Å². The fourth-order valence-corrected chi connectivity index (χ4v) is 6.58. The van der Waals surface area contributed by atoms with Crippen molar-refractivity contribution in [1.29, 1.82) is 10.5 Å². The molecule has 4 aromatic rings. The van der Waals surface area contributed by atoms with Gasteiger partial charge in [0.1, 0.15) is 11.9 Å². The maximum atomic E-state index is 12.4. The molecular weight excluding hydrogens is 701 g/mol. The fourth-order valence-electron chi connectivity index (χ4n) is 4.78. The number of nitriles is 2. The van der Waals surface area contributed by atoms with Crippen molar-refractivity contribution in [1.82, 2.24) is 24.4 Å². The number of benzene rings is 2. The van der Waals surface area contributed by atoms with Gasteiger partial charge >= 0.3 is 5.97 Å². The van der Waals surface area contributed by atoms with Crippen molar-refractivity contribution in [2.75, 3.05) is 73.0 Å². The number of aliphatic imine (C=N–C) groups is 1. The first-order valence-electron chi connectivity index (χ1n) is 16.9. The number of imidazole rings is 1. The first-order chi connectivity index (χ1) is 25.2. The number of anilines is 2. The molecule has 14 nitrogen and oxygen atoms in total. The summed E-state index contributed by atoms with van der Waals surface area (Å²) in [4.78, 5) is 43.3. The van der Waals surface area contributed by atoms with Gasteiger partial charge in [-0.3, -0.25) is 14.3 Å². The molecule has 0 saturated carbocycles. The second kappa shape index (κ2) is 22.6. The summed E-state index contributed by atoms with van der Waals surface area (Å²) in [6.45, 7) is 11.3. The van der Waals surface area contributed by atoms with E-state index in [4.69, 9.17) is 26.0 Å². The maximum absolute atomic E-state index is 12.4. The smallest absolute Gasteiger partial charge is 0.345 e. The number of nitrogen functional groups attached to an aromatic ring is 1. The Morgan fingerprint density at radius 3 is 2.02 bits per heavy atom. The van der Waals surface area contributed by atoms with Gasteiger partial charge in [0.05, 0.1) is 13.2 Å². The molecule has 1 atom stereocenters. The van der Waals surface area contributed by atoms with Crippen LogP contribution in [0.4, 0.5) is 11.6 Å². The first kappa shape index (κ1) is 41.2. The zero-order chi connectivity index (χ0) is 37.7. The van der Waals surface area contributed by atoms with E-state index in [9.17, 15) is 9.59 Å². The van der Waals surface area contributed by atoms with Gasteiger partial charge in [-0.2, -0.15) is 39.0 Å². The number of hydrogen-bond donors (Lipinski definition) is 2. The lowest BCUT2D eigenvalue weighted by atomic mass is 10.3. The highest BCUT2D eigenvalue weighted by Gasteiger charge is 2.20. The molecule has 6 rings (SSSR count). The summed E-state index contributed by atoms with van der Waals surface area (Å²) >= 11 is 3.85. The summed E-state index contributed by atoms with van der Waals surface area (Å²) in [7, 11) is 0. The molecule has 276 valence electrons. The van der Waals surface area contributed by atoms with E-state index in [2.05, 4.69) is 30.8 Å². The SMILES string of the molecule is CCOC(=O)C(C#N)N=C(C)OCC.Cc1nc2c(=O)[nH]c(N3CCSCC3)nc2n1-c1ccccc1.N#CN1CCSCC1.Nc1ccccc1. The van der Waals surface area contributed by atoms with Gasteiger partial charge < -0.3 is 25.0 Å². The number of thioether (sulfide) groups is 2. The highest BCUT2D eigenvalue weighted by atomic mass is 32.2. The lowest BCUT2D eigenvalue weighted by molar-refractivity contribution is -0.143. The monoisotopic (exact) mass is 746 g/mol. The molecule has 1 unspecified atom stereocenters. The topological polar surface area (TPSA) is 192 Å². The number of carbonyl (C=O) groups excluding carboxylic acids is 1. The van der Waals surface area contributed by atoms with Crippen LogP contribution in [0, 0.1) is 29.7 Å². The Hall–Kier alpha value is -5.19. The molecule has 0 spiro atoms. The number of esters is 1. The Labute approximate surface area is 313 Å². The minimum absolute atomic E-state index is 0.180. The van der Waals surface area contributed by atoms with E-state index in [-0.39, 0.29) is 12.2 Å². The number of hydrogen-bond acceptors (Lipinski definition) is 14. The van der Waals surface area contributed by atoms with Crippen LogP contribution in [0.3, 0.4) is 0 Å². The quantitative estimate of drug-likeness (QED) is 0.0912. The van der Waals surface area contributed by atoms with Crippen LogP contribution in [0.2, 0.25) is 0 Å². The molecule has 52 heavy (non-hydrogen) atoms. The van der Waals surface area contributed by atoms with Crippen LogP contribution in [-0.2, 0) is 14.3 Å². The molecule has 2 aromatic carbocycles. The normalized spacial score (nSPS) is 14.5. The Morgan fingerprint density at radius 1 is 0.942 bits per heavy atom. The van der Waals surface area contributed by atoms with Crippen LogP contribution in [0.5, 0.6) is 0 Å². The Kier molecular flexibility index (Phi) is 17.9. The summed E-state index contributed by atoms with van der Waals surface area (Å²) in [5, 5.41) is 17.0. The lowest BCUT2D eigenvalue weighted by Gasteiger charge is -2.26. The minimum atomic E-state index is -1.12. The molecule has 2 fully saturated rings. The molecule has 2 saturated heterocycles. The number of nitrogens with one attached hydrogen (secondary N) is 1. The number of fused-ring (bicyclic) bond motifs is 1. The van der Waals surface area contributed by atoms with Crippen LogP contribution in [0.1, 0.15) is 26.6 Å². The van der Waals surface area contributed by atoms with Gasteiger partial charge in [0, 0.05) is 67.5 Å². The lowest BCUT2D eigenvalue weighted by Crippen LogP contribution is -2.35. The van der Waals surface area contributed by atoms with Crippen LogP contribution in [0.15, 0.2) is 70.5 Å². The van der Waals surface area contributed by atoms with Crippen molar-refractivity contribution in [3.05, 3.63) is 76.8 Å². The molecule has 0 aliphatic carbocycles. The van der Waals surface area contributed by atoms with E-state index in [0.29, 0.717) is 29.6 Å². The third-order valence-electron chi connectivity index (χ3n) is 7.25. The van der Waals surface area contributed by atoms with Crippen molar-refractivity contribution in [3.63, 3.8) is 0 Å². The minimum Gasteiger partial charge on any atom is -0.481 e. The number of nitrogens with zero attached hydrogens (tertiary/aromatic N) is 8. The van der Waals surface area contributed by atoms with Gasteiger partial charge in [0.25, 0.3) is 5.56 Å². The number of nitrogens with two attached hydrogens (primary N) is 1. The molecule has 16 heteroatoms. The average Bonchev–Trinajstić information content (AvgIpc) is 3.52. The van der Waals surface area contributed by atoms with E-state index in [1.54, 1.807) is 31.7 Å². The highest BCUT2D eigenvalue weighted by Crippen LogP contribution is 2.21. The zero-order valence-corrected chi connectivity index (χ0v) is 31.7. The van der Waals surface area contributed by atoms with Crippen LogP contribution < -0.4 is 16.2 Å². The molecule has 0 bridgehead atoms. The van der Waals surface area contributed by atoms with E-state index >= 15 is 0 Å². The number of aromatic amines is 1. The number of carbonyl (C=O) groups is 1. The van der Waals surface area contributed by atoms with Gasteiger partial charge in [-0.15, -0.1) is 0 Å². The molecule has 0 amide bonds. The third-order valence-corrected chi connectivity index (χ3v) is 9.13. The predicted octanol–water partition coefficient (Wildman–Crippen LogP) is 4.65. The second-order valence-electron chi connectivity index (χ2n) is 11.0. The Balaban J connectivity index is 0.000000213. The van der Waals surface area contributed by atoms with E-state index < -0.39 is 12.0 Å². The molecule has 2 aliphatic heterocycles. The van der Waals surface area contributed by atoms with Crippen molar-refractivity contribution < 1.29 is 14.3 Å². The Morgan fingerprint density at radius 2 is 1.52 bits per heavy atom. The highest BCUT2D eigenvalue weighted by molar-refractivity contribution is 7.99. The summed E-state index contributed by atoms with van der Waals surface area (Å²) in [5.41, 5.74) is 7.97. The first-order valence-corrected chi connectivity index (χ1v) is 19.2. The van der Waals surface area contributed by atoms with Gasteiger partial charge in [0.15, 0.2) is 23.3 Å². The largest absolute Gasteiger partial charge is 0.481 e. The predicted molar refractivity (Wildman–Crippen MR) is 210 cm³/mol. The van der Waals surface area contributed by atoms with Gasteiger partial charge in [-0.25, -0.2) is 14.8 Å². The molecular formula is C36H46N10O4S2. The summed E-state index contributed by atoms with van der Waals surface area (Å²) in [6.07, 6.45) is 2.12. The third kappa shape index (κ3) is 13.2. The van der Waals surface area contributed by atoms with Crippen molar-refractivity contribution in [3.8, 4) is 17.9 Å². The van der Waals surface area contributed by atoms with Crippen LogP contribution in [-0.4, -0.2) is 105 Å². The van der Waals surface area contributed by atoms with Crippen LogP contribution in [0.25, 0.3) is 16.9 Å². The number of aromatic nitrogens is 4.